The van der Waals surface area contributed by atoms with Crippen LogP contribution in [0, 0.1) is 0 Å². The summed E-state index contributed by atoms with van der Waals surface area (Å²) in [6.07, 6.45) is 93.6. The summed E-state index contributed by atoms with van der Waals surface area (Å²) in [4.78, 5) is 38.5. The molecule has 6 heteroatoms. The molecule has 0 N–H and O–H groups in total. The Balaban J connectivity index is 4.29. The quantitative estimate of drug-likeness (QED) is 0.0261. The molecule has 1 atom stereocenters. The van der Waals surface area contributed by atoms with Gasteiger partial charge in [-0.2, -0.15) is 0 Å². The molecule has 0 spiro atoms. The van der Waals surface area contributed by atoms with Crippen LogP contribution in [0.25, 0.3) is 0 Å². The van der Waals surface area contributed by atoms with Crippen LogP contribution >= 0.6 is 0 Å². The molecule has 482 valence electrons. The molecule has 0 aromatic rings. The lowest BCUT2D eigenvalue weighted by Crippen LogP contribution is -2.30. The van der Waals surface area contributed by atoms with E-state index in [2.05, 4.69) is 93.7 Å². The first-order valence-electron chi connectivity index (χ1n) is 36.4. The van der Waals surface area contributed by atoms with Crippen LogP contribution in [0.2, 0.25) is 0 Å². The smallest absolute Gasteiger partial charge is 0.306 e. The Kier molecular flexibility index (Phi) is 68.6. The molecule has 0 rings (SSSR count). The van der Waals surface area contributed by atoms with E-state index < -0.39 is 6.10 Å². The van der Waals surface area contributed by atoms with Crippen molar-refractivity contribution in [1.29, 1.82) is 0 Å². The minimum absolute atomic E-state index is 0.0757. The third kappa shape index (κ3) is 69.5. The number of unbranched alkanes of at least 4 members (excludes halogenated alkanes) is 44. The maximum absolute atomic E-state index is 13.0. The molecular formula is C77H138O6. The second kappa shape index (κ2) is 71.3. The SMILES string of the molecule is CC/C=C\C/C=C\C/C=C\C/C=C\CCCCCCCCCCCCCCCCC(=O)OCC(COC(=O)CCCCCCC/C=C\C/C=C\CCCCCC)OC(=O)CCCCCCCCCCCCCCCCCCCCCCCC. The maximum Gasteiger partial charge on any atom is 0.306 e. The van der Waals surface area contributed by atoms with E-state index in [1.54, 1.807) is 0 Å². The molecule has 0 saturated heterocycles. The fraction of sp³-hybridized carbons (Fsp3) is 0.805. The number of allylic oxidation sites excluding steroid dienone is 12. The lowest BCUT2D eigenvalue weighted by Gasteiger charge is -2.18. The monoisotopic (exact) mass is 1160 g/mol. The highest BCUT2D eigenvalue weighted by atomic mass is 16.6. The van der Waals surface area contributed by atoms with Gasteiger partial charge in [-0.3, -0.25) is 14.4 Å². The summed E-state index contributed by atoms with van der Waals surface area (Å²) in [6, 6.07) is 0. The zero-order chi connectivity index (χ0) is 59.9. The second-order valence-electron chi connectivity index (χ2n) is 24.5. The van der Waals surface area contributed by atoms with Crippen LogP contribution in [0.15, 0.2) is 72.9 Å². The molecule has 0 aliphatic rings. The van der Waals surface area contributed by atoms with Crippen LogP contribution in [-0.2, 0) is 28.6 Å². The van der Waals surface area contributed by atoms with Crippen molar-refractivity contribution in [3.05, 3.63) is 72.9 Å². The molecule has 0 aliphatic carbocycles. The number of ether oxygens (including phenoxy) is 3. The summed E-state index contributed by atoms with van der Waals surface area (Å²) in [6.45, 7) is 6.57. The molecule has 0 bridgehead atoms. The molecule has 0 amide bonds. The highest BCUT2D eigenvalue weighted by Gasteiger charge is 2.19. The van der Waals surface area contributed by atoms with Crippen molar-refractivity contribution >= 4 is 17.9 Å². The molecular weight excluding hydrogens is 1020 g/mol. The van der Waals surface area contributed by atoms with E-state index in [1.165, 1.54) is 238 Å². The zero-order valence-corrected chi connectivity index (χ0v) is 55.5. The van der Waals surface area contributed by atoms with Crippen molar-refractivity contribution in [2.75, 3.05) is 13.2 Å². The van der Waals surface area contributed by atoms with Crippen LogP contribution in [0.5, 0.6) is 0 Å². The first-order chi connectivity index (χ1) is 41.0. The molecule has 0 fully saturated rings. The van der Waals surface area contributed by atoms with Gasteiger partial charge < -0.3 is 14.2 Å². The summed E-state index contributed by atoms with van der Waals surface area (Å²) in [7, 11) is 0. The van der Waals surface area contributed by atoms with Crippen molar-refractivity contribution in [3.63, 3.8) is 0 Å². The number of hydrogen-bond donors (Lipinski definition) is 0. The van der Waals surface area contributed by atoms with Gasteiger partial charge in [0, 0.05) is 19.3 Å². The van der Waals surface area contributed by atoms with Crippen molar-refractivity contribution in [2.24, 2.45) is 0 Å². The lowest BCUT2D eigenvalue weighted by molar-refractivity contribution is -0.167. The second-order valence-corrected chi connectivity index (χ2v) is 24.5. The van der Waals surface area contributed by atoms with E-state index in [0.29, 0.717) is 19.3 Å². The zero-order valence-electron chi connectivity index (χ0n) is 55.5. The van der Waals surface area contributed by atoms with Gasteiger partial charge in [-0.1, -0.05) is 344 Å². The van der Waals surface area contributed by atoms with E-state index in [4.69, 9.17) is 14.2 Å². The third-order valence-corrected chi connectivity index (χ3v) is 16.2. The van der Waals surface area contributed by atoms with Gasteiger partial charge in [-0.15, -0.1) is 0 Å². The maximum atomic E-state index is 13.0. The fourth-order valence-electron chi connectivity index (χ4n) is 10.8. The fourth-order valence-corrected chi connectivity index (χ4v) is 10.8. The molecule has 0 radical (unpaired) electrons. The molecule has 0 aliphatic heterocycles. The van der Waals surface area contributed by atoms with E-state index in [-0.39, 0.29) is 31.1 Å². The molecule has 0 aromatic heterocycles. The van der Waals surface area contributed by atoms with Gasteiger partial charge in [0.1, 0.15) is 13.2 Å². The molecule has 0 aromatic carbocycles. The Morgan fingerprint density at radius 2 is 0.470 bits per heavy atom. The Bertz CT molecular complexity index is 1520. The van der Waals surface area contributed by atoms with Crippen LogP contribution in [-0.4, -0.2) is 37.2 Å². The first kappa shape index (κ1) is 79.8. The number of rotatable bonds is 67. The van der Waals surface area contributed by atoms with Crippen molar-refractivity contribution in [3.8, 4) is 0 Å². The van der Waals surface area contributed by atoms with Gasteiger partial charge >= 0.3 is 17.9 Å². The summed E-state index contributed by atoms with van der Waals surface area (Å²) in [5.74, 6) is -0.865. The lowest BCUT2D eigenvalue weighted by atomic mass is 10.0. The highest BCUT2D eigenvalue weighted by Crippen LogP contribution is 2.18. The number of carbonyl (C=O) groups excluding carboxylic acids is 3. The Morgan fingerprint density at radius 1 is 0.253 bits per heavy atom. The average molecular weight is 1160 g/mol. The molecule has 0 saturated carbocycles. The van der Waals surface area contributed by atoms with Crippen molar-refractivity contribution in [1.82, 2.24) is 0 Å². The normalized spacial score (nSPS) is 12.5. The Hall–Kier alpha value is -3.15. The largest absolute Gasteiger partial charge is 0.462 e. The standard InChI is InChI=1S/C77H138O6/c1-4-7-10-13-16-19-22-25-28-31-33-35-37-38-39-40-41-43-44-46-49-52-55-58-61-64-67-70-76(79)82-73-74(72-81-75(78)69-66-63-60-57-54-51-48-30-27-24-21-18-15-12-9-6-3)83-77(80)71-68-65-62-59-56-53-50-47-45-42-36-34-32-29-26-23-20-17-14-11-8-5-2/h7,10,16,19,21,24-25,28,30,33,35,48,74H,4-6,8-9,11-15,17-18,20,22-23,26-27,29,31-32,34,36-47,49-73H2,1-3H3/b10-7-,19-16-,24-21-,28-25-,35-33-,48-30-. The number of carbonyl (C=O) groups is 3. The van der Waals surface area contributed by atoms with E-state index in [1.807, 2.05) is 0 Å². The number of hydrogen-bond acceptors (Lipinski definition) is 6. The summed E-state index contributed by atoms with van der Waals surface area (Å²) in [5, 5.41) is 0. The van der Waals surface area contributed by atoms with E-state index in [9.17, 15) is 14.4 Å². The third-order valence-electron chi connectivity index (χ3n) is 16.2. The van der Waals surface area contributed by atoms with Gasteiger partial charge in [-0.25, -0.2) is 0 Å². The van der Waals surface area contributed by atoms with Gasteiger partial charge in [0.2, 0.25) is 0 Å². The average Bonchev–Trinajstić information content (AvgIpc) is 3.49. The van der Waals surface area contributed by atoms with Crippen molar-refractivity contribution < 1.29 is 28.6 Å². The molecule has 6 nitrogen and oxygen atoms in total. The van der Waals surface area contributed by atoms with E-state index in [0.717, 1.165) is 103 Å². The van der Waals surface area contributed by atoms with Gasteiger partial charge in [0.15, 0.2) is 6.10 Å². The summed E-state index contributed by atoms with van der Waals surface area (Å²) in [5.41, 5.74) is 0. The van der Waals surface area contributed by atoms with Gasteiger partial charge in [0.25, 0.3) is 0 Å². The van der Waals surface area contributed by atoms with Gasteiger partial charge in [-0.05, 0) is 89.9 Å². The highest BCUT2D eigenvalue weighted by molar-refractivity contribution is 5.71. The molecule has 1 unspecified atom stereocenters. The minimum atomic E-state index is -0.781. The minimum Gasteiger partial charge on any atom is -0.462 e. The Labute approximate surface area is 516 Å². The predicted molar refractivity (Wildman–Crippen MR) is 362 cm³/mol. The van der Waals surface area contributed by atoms with Crippen LogP contribution in [0.1, 0.15) is 380 Å². The summed E-state index contributed by atoms with van der Waals surface area (Å²) >= 11 is 0. The van der Waals surface area contributed by atoms with Gasteiger partial charge in [0.05, 0.1) is 0 Å². The predicted octanol–water partition coefficient (Wildman–Crippen LogP) is 25.2. The Morgan fingerprint density at radius 3 is 0.747 bits per heavy atom. The van der Waals surface area contributed by atoms with Crippen LogP contribution < -0.4 is 0 Å². The topological polar surface area (TPSA) is 78.9 Å². The molecule has 83 heavy (non-hydrogen) atoms. The van der Waals surface area contributed by atoms with Crippen LogP contribution in [0.3, 0.4) is 0 Å². The number of esters is 3. The van der Waals surface area contributed by atoms with Crippen LogP contribution in [0.4, 0.5) is 0 Å². The van der Waals surface area contributed by atoms with Crippen molar-refractivity contribution in [2.45, 2.75) is 386 Å². The van der Waals surface area contributed by atoms with E-state index >= 15 is 0 Å². The first-order valence-corrected chi connectivity index (χ1v) is 36.4. The molecule has 0 heterocycles. The summed E-state index contributed by atoms with van der Waals surface area (Å²) < 4.78 is 17.0.